The van der Waals surface area contributed by atoms with Gasteiger partial charge in [-0.1, -0.05) is 0 Å². The summed E-state index contributed by atoms with van der Waals surface area (Å²) in [4.78, 5) is 12.3. The molecular formula is C15H21N5O2. The van der Waals surface area contributed by atoms with Crippen molar-refractivity contribution in [2.24, 2.45) is 13.0 Å². The minimum Gasteiger partial charge on any atom is -0.393 e. The third-order valence-corrected chi connectivity index (χ3v) is 4.10. The number of rotatable bonds is 5. The zero-order chi connectivity index (χ0) is 15.7. The number of aryl methyl sites for hydroxylation is 2. The fourth-order valence-electron chi connectivity index (χ4n) is 2.89. The number of aromatic nitrogens is 4. The van der Waals surface area contributed by atoms with Gasteiger partial charge in [0.25, 0.3) is 0 Å². The summed E-state index contributed by atoms with van der Waals surface area (Å²) in [6.45, 7) is 2.09. The standard InChI is InChI=1S/C15H21N5O2/c1-10-3-4-20(18-10)9-14(22)17-15(11-5-13(21)6-11)12-7-16-19(2)8-12/h3-4,7-8,11,13,15,21H,5-6,9H2,1-2H3,(H,17,22). The van der Waals surface area contributed by atoms with E-state index in [9.17, 15) is 9.90 Å². The van der Waals surface area contributed by atoms with Crippen LogP contribution in [0.2, 0.25) is 0 Å². The van der Waals surface area contributed by atoms with E-state index in [0.29, 0.717) is 12.8 Å². The summed E-state index contributed by atoms with van der Waals surface area (Å²) in [6.07, 6.45) is 6.64. The highest BCUT2D eigenvalue weighted by atomic mass is 16.3. The molecule has 0 aromatic carbocycles. The molecule has 118 valence electrons. The van der Waals surface area contributed by atoms with E-state index in [-0.39, 0.29) is 30.5 Å². The van der Waals surface area contributed by atoms with Crippen LogP contribution in [0.3, 0.4) is 0 Å². The predicted molar refractivity (Wildman–Crippen MR) is 79.8 cm³/mol. The van der Waals surface area contributed by atoms with Crippen molar-refractivity contribution in [1.29, 1.82) is 0 Å². The number of nitrogens with zero attached hydrogens (tertiary/aromatic N) is 4. The van der Waals surface area contributed by atoms with Gasteiger partial charge in [0.1, 0.15) is 6.54 Å². The van der Waals surface area contributed by atoms with Crippen LogP contribution >= 0.6 is 0 Å². The van der Waals surface area contributed by atoms with E-state index in [2.05, 4.69) is 15.5 Å². The van der Waals surface area contributed by atoms with E-state index in [1.807, 2.05) is 26.2 Å². The molecule has 7 nitrogen and oxygen atoms in total. The molecule has 1 aliphatic rings. The van der Waals surface area contributed by atoms with Gasteiger partial charge < -0.3 is 10.4 Å². The third kappa shape index (κ3) is 3.19. The zero-order valence-corrected chi connectivity index (χ0v) is 12.8. The predicted octanol–water partition coefficient (Wildman–Crippen LogP) is 0.553. The van der Waals surface area contributed by atoms with E-state index in [1.165, 1.54) is 0 Å². The molecule has 1 atom stereocenters. The molecule has 2 aromatic heterocycles. The van der Waals surface area contributed by atoms with Gasteiger partial charge in [-0.3, -0.25) is 14.2 Å². The van der Waals surface area contributed by atoms with Gasteiger partial charge in [0.05, 0.1) is 24.0 Å². The minimum absolute atomic E-state index is 0.0849. The maximum atomic E-state index is 12.3. The summed E-state index contributed by atoms with van der Waals surface area (Å²) in [5, 5.41) is 21.0. The van der Waals surface area contributed by atoms with E-state index >= 15 is 0 Å². The molecule has 0 saturated heterocycles. The van der Waals surface area contributed by atoms with Crippen LogP contribution in [0.15, 0.2) is 24.7 Å². The quantitative estimate of drug-likeness (QED) is 0.845. The van der Waals surface area contributed by atoms with Gasteiger partial charge in [0.15, 0.2) is 0 Å². The molecular weight excluding hydrogens is 282 g/mol. The first-order valence-corrected chi connectivity index (χ1v) is 7.47. The molecule has 22 heavy (non-hydrogen) atoms. The average Bonchev–Trinajstić information content (AvgIpc) is 3.02. The van der Waals surface area contributed by atoms with Gasteiger partial charge in [-0.25, -0.2) is 0 Å². The first kappa shape index (κ1) is 14.8. The Kier molecular flexibility index (Phi) is 3.98. The summed E-state index contributed by atoms with van der Waals surface area (Å²) >= 11 is 0. The number of carbonyl (C=O) groups is 1. The molecule has 1 fully saturated rings. The lowest BCUT2D eigenvalue weighted by Gasteiger charge is -2.37. The van der Waals surface area contributed by atoms with Crippen molar-refractivity contribution in [3.8, 4) is 0 Å². The van der Waals surface area contributed by atoms with Crippen LogP contribution in [0.25, 0.3) is 0 Å². The Labute approximate surface area is 128 Å². The van der Waals surface area contributed by atoms with E-state index < -0.39 is 0 Å². The first-order valence-electron chi connectivity index (χ1n) is 7.47. The molecule has 0 aliphatic heterocycles. The molecule has 1 aliphatic carbocycles. The Bertz CT molecular complexity index is 656. The molecule has 0 spiro atoms. The molecule has 3 rings (SSSR count). The SMILES string of the molecule is Cc1ccn(CC(=O)NC(c2cnn(C)c2)C2CC(O)C2)n1. The van der Waals surface area contributed by atoms with Gasteiger partial charge in [-0.2, -0.15) is 10.2 Å². The van der Waals surface area contributed by atoms with Crippen LogP contribution in [0, 0.1) is 12.8 Å². The fraction of sp³-hybridized carbons (Fsp3) is 0.533. The Balaban J connectivity index is 1.68. The first-order chi connectivity index (χ1) is 10.5. The van der Waals surface area contributed by atoms with Crippen molar-refractivity contribution in [1.82, 2.24) is 24.9 Å². The Morgan fingerprint density at radius 3 is 2.86 bits per heavy atom. The van der Waals surface area contributed by atoms with Crippen LogP contribution in [0.4, 0.5) is 0 Å². The van der Waals surface area contributed by atoms with Gasteiger partial charge in [-0.15, -0.1) is 0 Å². The van der Waals surface area contributed by atoms with Gasteiger partial charge >= 0.3 is 0 Å². The fourth-order valence-corrected chi connectivity index (χ4v) is 2.89. The number of aliphatic hydroxyl groups is 1. The number of amides is 1. The highest BCUT2D eigenvalue weighted by molar-refractivity contribution is 5.76. The van der Waals surface area contributed by atoms with Crippen molar-refractivity contribution in [3.63, 3.8) is 0 Å². The van der Waals surface area contributed by atoms with E-state index in [4.69, 9.17) is 0 Å². The van der Waals surface area contributed by atoms with Crippen LogP contribution in [0.5, 0.6) is 0 Å². The molecule has 2 heterocycles. The topological polar surface area (TPSA) is 85.0 Å². The highest BCUT2D eigenvalue weighted by Gasteiger charge is 2.36. The van der Waals surface area contributed by atoms with Gasteiger partial charge in [0, 0.05) is 25.0 Å². The normalized spacial score (nSPS) is 22.1. The van der Waals surface area contributed by atoms with E-state index in [1.54, 1.807) is 21.8 Å². The number of nitrogens with one attached hydrogen (secondary N) is 1. The monoisotopic (exact) mass is 303 g/mol. The van der Waals surface area contributed by atoms with Crippen molar-refractivity contribution in [2.75, 3.05) is 0 Å². The highest BCUT2D eigenvalue weighted by Crippen LogP contribution is 2.37. The van der Waals surface area contributed by atoms with Crippen molar-refractivity contribution < 1.29 is 9.90 Å². The molecule has 7 heteroatoms. The average molecular weight is 303 g/mol. The second-order valence-electron chi connectivity index (χ2n) is 6.03. The van der Waals surface area contributed by atoms with Crippen molar-refractivity contribution in [2.45, 2.75) is 38.5 Å². The summed E-state index contributed by atoms with van der Waals surface area (Å²) in [5.41, 5.74) is 1.86. The van der Waals surface area contributed by atoms with Crippen molar-refractivity contribution >= 4 is 5.91 Å². The smallest absolute Gasteiger partial charge is 0.242 e. The van der Waals surface area contributed by atoms with Gasteiger partial charge in [0.2, 0.25) is 5.91 Å². The Morgan fingerprint density at radius 2 is 2.32 bits per heavy atom. The molecule has 0 bridgehead atoms. The van der Waals surface area contributed by atoms with Gasteiger partial charge in [-0.05, 0) is 31.7 Å². The maximum Gasteiger partial charge on any atom is 0.242 e. The second-order valence-corrected chi connectivity index (χ2v) is 6.03. The minimum atomic E-state index is -0.255. The lowest BCUT2D eigenvalue weighted by atomic mass is 9.75. The maximum absolute atomic E-state index is 12.3. The lowest BCUT2D eigenvalue weighted by Crippen LogP contribution is -2.42. The van der Waals surface area contributed by atoms with Crippen LogP contribution < -0.4 is 5.32 Å². The van der Waals surface area contributed by atoms with Crippen LogP contribution in [-0.4, -0.2) is 36.7 Å². The summed E-state index contributed by atoms with van der Waals surface area (Å²) in [6, 6.07) is 1.76. The number of carbonyl (C=O) groups excluding carboxylic acids is 1. The molecule has 1 saturated carbocycles. The summed E-state index contributed by atoms with van der Waals surface area (Å²) in [5.74, 6) is 0.167. The molecule has 2 aromatic rings. The summed E-state index contributed by atoms with van der Waals surface area (Å²) in [7, 11) is 1.85. The Hall–Kier alpha value is -2.15. The number of aliphatic hydroxyl groups excluding tert-OH is 1. The van der Waals surface area contributed by atoms with E-state index in [0.717, 1.165) is 11.3 Å². The molecule has 1 amide bonds. The number of hydrogen-bond donors (Lipinski definition) is 2. The van der Waals surface area contributed by atoms with Crippen LogP contribution in [-0.2, 0) is 18.4 Å². The largest absolute Gasteiger partial charge is 0.393 e. The molecule has 1 unspecified atom stereocenters. The molecule has 2 N–H and O–H groups in total. The third-order valence-electron chi connectivity index (χ3n) is 4.10. The zero-order valence-electron chi connectivity index (χ0n) is 12.8. The molecule has 0 radical (unpaired) electrons. The Morgan fingerprint density at radius 1 is 1.55 bits per heavy atom. The van der Waals surface area contributed by atoms with Crippen LogP contribution in [0.1, 0.15) is 30.1 Å². The summed E-state index contributed by atoms with van der Waals surface area (Å²) < 4.78 is 3.35. The number of hydrogen-bond acceptors (Lipinski definition) is 4. The lowest BCUT2D eigenvalue weighted by molar-refractivity contribution is -0.123. The second kappa shape index (κ2) is 5.92. The van der Waals surface area contributed by atoms with Crippen molar-refractivity contribution in [3.05, 3.63) is 35.9 Å².